The van der Waals surface area contributed by atoms with Gasteiger partial charge < -0.3 is 5.32 Å². The largest absolute Gasteiger partial charge is 0.384 e. The van der Waals surface area contributed by atoms with Crippen molar-refractivity contribution in [2.24, 2.45) is 5.41 Å². The van der Waals surface area contributed by atoms with E-state index in [0.29, 0.717) is 11.4 Å². The molecule has 0 bridgehead atoms. The third-order valence-corrected chi connectivity index (χ3v) is 4.29. The lowest BCUT2D eigenvalue weighted by atomic mass is 9.98. The quantitative estimate of drug-likeness (QED) is 0.881. The van der Waals surface area contributed by atoms with Crippen molar-refractivity contribution in [1.29, 1.82) is 0 Å². The Morgan fingerprint density at radius 1 is 1.33 bits per heavy atom. The van der Waals surface area contributed by atoms with Crippen molar-refractivity contribution in [2.75, 3.05) is 18.4 Å². The van der Waals surface area contributed by atoms with Crippen LogP contribution in [-0.4, -0.2) is 21.5 Å². The molecule has 0 atom stereocenters. The van der Waals surface area contributed by atoms with Crippen LogP contribution in [0.2, 0.25) is 0 Å². The van der Waals surface area contributed by atoms with Gasteiger partial charge in [0.15, 0.2) is 0 Å². The van der Waals surface area contributed by atoms with Crippen molar-refractivity contribution in [1.82, 2.24) is 4.72 Å². The van der Waals surface area contributed by atoms with E-state index in [2.05, 4.69) is 10.0 Å². The summed E-state index contributed by atoms with van der Waals surface area (Å²) in [5, 5.41) is 3.22. The number of anilines is 1. The molecule has 0 amide bonds. The Kier molecular flexibility index (Phi) is 3.38. The molecule has 2 rings (SSSR count). The van der Waals surface area contributed by atoms with E-state index in [0.717, 1.165) is 24.2 Å². The fraction of sp³-hybridized carbons (Fsp3) is 0.538. The minimum absolute atomic E-state index is 0.0641. The summed E-state index contributed by atoms with van der Waals surface area (Å²) in [6.07, 6.45) is 0.887. The summed E-state index contributed by atoms with van der Waals surface area (Å²) in [4.78, 5) is 0.356. The van der Waals surface area contributed by atoms with Crippen LogP contribution in [-0.2, 0) is 16.4 Å². The molecule has 1 aromatic rings. The molecule has 0 radical (unpaired) electrons. The van der Waals surface area contributed by atoms with Gasteiger partial charge >= 0.3 is 0 Å². The Hall–Kier alpha value is -1.07. The van der Waals surface area contributed by atoms with Crippen molar-refractivity contribution < 1.29 is 8.42 Å². The topological polar surface area (TPSA) is 58.2 Å². The maximum absolute atomic E-state index is 12.1. The first-order valence-electron chi connectivity index (χ1n) is 6.14. The summed E-state index contributed by atoms with van der Waals surface area (Å²) in [5.41, 5.74) is 2.06. The highest BCUT2D eigenvalue weighted by Gasteiger charge is 2.20. The smallest absolute Gasteiger partial charge is 0.240 e. The molecule has 1 aliphatic rings. The number of hydrogen-bond donors (Lipinski definition) is 2. The third-order valence-electron chi connectivity index (χ3n) is 2.89. The second-order valence-corrected chi connectivity index (χ2v) is 7.65. The van der Waals surface area contributed by atoms with Gasteiger partial charge in [0.2, 0.25) is 10.0 Å². The molecule has 0 fully saturated rings. The normalized spacial score (nSPS) is 15.3. The molecular formula is C13H20N2O2S. The van der Waals surface area contributed by atoms with E-state index in [1.807, 2.05) is 26.8 Å². The maximum atomic E-state index is 12.1. The molecule has 0 aromatic heterocycles. The zero-order chi connectivity index (χ0) is 13.4. The lowest BCUT2D eigenvalue weighted by Crippen LogP contribution is -2.32. The van der Waals surface area contributed by atoms with Crippen LogP contribution in [0.4, 0.5) is 5.69 Å². The van der Waals surface area contributed by atoms with E-state index in [4.69, 9.17) is 0 Å². The fourth-order valence-electron chi connectivity index (χ4n) is 1.84. The van der Waals surface area contributed by atoms with Gasteiger partial charge in [-0.05, 0) is 35.6 Å². The van der Waals surface area contributed by atoms with E-state index in [1.165, 1.54) is 0 Å². The highest BCUT2D eigenvalue weighted by Crippen LogP contribution is 2.25. The molecule has 100 valence electrons. The summed E-state index contributed by atoms with van der Waals surface area (Å²) in [5.74, 6) is 0. The minimum Gasteiger partial charge on any atom is -0.384 e. The summed E-state index contributed by atoms with van der Waals surface area (Å²) < 4.78 is 27.0. The average molecular weight is 268 g/mol. The first-order chi connectivity index (χ1) is 8.28. The van der Waals surface area contributed by atoms with Crippen LogP contribution < -0.4 is 10.0 Å². The molecule has 1 heterocycles. The molecule has 2 N–H and O–H groups in total. The van der Waals surface area contributed by atoms with Gasteiger partial charge in [0.25, 0.3) is 0 Å². The van der Waals surface area contributed by atoms with Crippen LogP contribution in [0.25, 0.3) is 0 Å². The summed E-state index contributed by atoms with van der Waals surface area (Å²) in [6.45, 7) is 7.32. The predicted molar refractivity (Wildman–Crippen MR) is 73.3 cm³/mol. The SMILES string of the molecule is CC(C)(C)CNS(=O)(=O)c1ccc2c(c1)CCN2. The van der Waals surface area contributed by atoms with Crippen LogP contribution >= 0.6 is 0 Å². The van der Waals surface area contributed by atoms with Crippen molar-refractivity contribution in [3.63, 3.8) is 0 Å². The second-order valence-electron chi connectivity index (χ2n) is 5.88. The van der Waals surface area contributed by atoms with Crippen LogP contribution in [0.3, 0.4) is 0 Å². The van der Waals surface area contributed by atoms with Gasteiger partial charge in [-0.25, -0.2) is 13.1 Å². The van der Waals surface area contributed by atoms with Gasteiger partial charge in [0, 0.05) is 18.8 Å². The summed E-state index contributed by atoms with van der Waals surface area (Å²) in [6, 6.07) is 5.26. The molecule has 1 aliphatic heterocycles. The van der Waals surface area contributed by atoms with Gasteiger partial charge in [-0.1, -0.05) is 20.8 Å². The summed E-state index contributed by atoms with van der Waals surface area (Å²) >= 11 is 0. The van der Waals surface area contributed by atoms with E-state index >= 15 is 0 Å². The maximum Gasteiger partial charge on any atom is 0.240 e. The van der Waals surface area contributed by atoms with Crippen molar-refractivity contribution in [2.45, 2.75) is 32.1 Å². The van der Waals surface area contributed by atoms with Gasteiger partial charge in [-0.3, -0.25) is 0 Å². The van der Waals surface area contributed by atoms with Crippen LogP contribution in [0.1, 0.15) is 26.3 Å². The number of sulfonamides is 1. The average Bonchev–Trinajstić information content (AvgIpc) is 2.72. The number of benzene rings is 1. The molecule has 0 saturated heterocycles. The Morgan fingerprint density at radius 2 is 2.06 bits per heavy atom. The molecule has 0 unspecified atom stereocenters. The molecular weight excluding hydrogens is 248 g/mol. The standard InChI is InChI=1S/C13H20N2O2S/c1-13(2,3)9-15-18(16,17)11-4-5-12-10(8-11)6-7-14-12/h4-5,8,14-15H,6-7,9H2,1-3H3. The van der Waals surface area contributed by atoms with Crippen LogP contribution in [0, 0.1) is 5.41 Å². The molecule has 4 nitrogen and oxygen atoms in total. The first kappa shape index (κ1) is 13.4. The van der Waals surface area contributed by atoms with Gasteiger partial charge in [-0.2, -0.15) is 0 Å². The zero-order valence-electron chi connectivity index (χ0n) is 11.1. The molecule has 0 spiro atoms. The van der Waals surface area contributed by atoms with Gasteiger partial charge in [-0.15, -0.1) is 0 Å². The molecule has 0 aliphatic carbocycles. The lowest BCUT2D eigenvalue weighted by Gasteiger charge is -2.18. The van der Waals surface area contributed by atoms with E-state index < -0.39 is 10.0 Å². The first-order valence-corrected chi connectivity index (χ1v) is 7.63. The number of rotatable bonds is 3. The number of fused-ring (bicyclic) bond motifs is 1. The Labute approximate surface area is 109 Å². The Bertz CT molecular complexity index is 545. The Balaban J connectivity index is 2.20. The molecule has 1 aromatic carbocycles. The highest BCUT2D eigenvalue weighted by molar-refractivity contribution is 7.89. The van der Waals surface area contributed by atoms with E-state index in [9.17, 15) is 8.42 Å². The van der Waals surface area contributed by atoms with E-state index in [1.54, 1.807) is 12.1 Å². The lowest BCUT2D eigenvalue weighted by molar-refractivity contribution is 0.407. The number of hydrogen-bond acceptors (Lipinski definition) is 3. The van der Waals surface area contributed by atoms with Crippen LogP contribution in [0.5, 0.6) is 0 Å². The van der Waals surface area contributed by atoms with Crippen LogP contribution in [0.15, 0.2) is 23.1 Å². The predicted octanol–water partition coefficient (Wildman–Crippen LogP) is 1.98. The zero-order valence-corrected chi connectivity index (χ0v) is 11.9. The fourth-order valence-corrected chi connectivity index (χ4v) is 3.18. The van der Waals surface area contributed by atoms with Gasteiger partial charge in [0.05, 0.1) is 4.90 Å². The van der Waals surface area contributed by atoms with Gasteiger partial charge in [0.1, 0.15) is 0 Å². The monoisotopic (exact) mass is 268 g/mol. The molecule has 5 heteroatoms. The summed E-state index contributed by atoms with van der Waals surface area (Å²) in [7, 11) is -3.39. The molecule has 0 saturated carbocycles. The van der Waals surface area contributed by atoms with Crippen molar-refractivity contribution in [3.05, 3.63) is 23.8 Å². The Morgan fingerprint density at radius 3 is 2.72 bits per heavy atom. The minimum atomic E-state index is -3.39. The van der Waals surface area contributed by atoms with Crippen molar-refractivity contribution >= 4 is 15.7 Å². The molecule has 18 heavy (non-hydrogen) atoms. The van der Waals surface area contributed by atoms with Crippen molar-refractivity contribution in [3.8, 4) is 0 Å². The second kappa shape index (κ2) is 4.55. The van der Waals surface area contributed by atoms with E-state index in [-0.39, 0.29) is 5.41 Å². The number of nitrogens with one attached hydrogen (secondary N) is 2. The highest BCUT2D eigenvalue weighted by atomic mass is 32.2. The third kappa shape index (κ3) is 3.03.